The van der Waals surface area contributed by atoms with Crippen LogP contribution >= 0.6 is 0 Å². The number of aryl methyl sites for hydroxylation is 1. The van der Waals surface area contributed by atoms with Gasteiger partial charge in [-0.25, -0.2) is 4.79 Å². The molecule has 1 heterocycles. The van der Waals surface area contributed by atoms with Gasteiger partial charge < -0.3 is 19.3 Å². The molecule has 0 aromatic heterocycles. The molecule has 6 heteroatoms. The molecule has 1 aliphatic carbocycles. The molecule has 0 fully saturated rings. The number of nitrogens with zero attached hydrogens (tertiary/aromatic N) is 1. The molecule has 33 heavy (non-hydrogen) atoms. The van der Waals surface area contributed by atoms with Crippen LogP contribution < -0.4 is 14.2 Å². The topological polar surface area (TPSA) is 77.4 Å². The molecule has 6 nitrogen and oxygen atoms in total. The molecule has 0 amide bonds. The first kappa shape index (κ1) is 22.4. The molecule has 170 valence electrons. The quantitative estimate of drug-likeness (QED) is 0.592. The van der Waals surface area contributed by atoms with Crippen molar-refractivity contribution >= 4 is 11.7 Å². The van der Waals surface area contributed by atoms with E-state index in [4.69, 9.17) is 24.3 Å². The summed E-state index contributed by atoms with van der Waals surface area (Å²) in [6.45, 7) is 4.13. The first-order chi connectivity index (χ1) is 16.0. The first-order valence-corrected chi connectivity index (χ1v) is 10.9. The van der Waals surface area contributed by atoms with E-state index in [1.165, 1.54) is 6.92 Å². The van der Waals surface area contributed by atoms with Crippen molar-refractivity contribution in [2.45, 2.75) is 32.6 Å². The average molecular weight is 446 g/mol. The lowest BCUT2D eigenvalue weighted by Crippen LogP contribution is -2.23. The largest absolute Gasteiger partial charge is 0.489 e. The van der Waals surface area contributed by atoms with Gasteiger partial charge in [-0.3, -0.25) is 4.99 Å². The van der Waals surface area contributed by atoms with E-state index in [1.807, 2.05) is 55.5 Å². The van der Waals surface area contributed by atoms with Crippen LogP contribution in [0, 0.1) is 12.8 Å². The zero-order valence-electron chi connectivity index (χ0n) is 18.7. The number of carbonyl (C=O) groups is 1. The van der Waals surface area contributed by atoms with Gasteiger partial charge in [0.1, 0.15) is 30.5 Å². The number of aliphatic carboxylic acids is 1. The van der Waals surface area contributed by atoms with Crippen molar-refractivity contribution in [1.29, 1.82) is 0 Å². The van der Waals surface area contributed by atoms with Crippen LogP contribution in [0.1, 0.15) is 18.1 Å². The predicted molar refractivity (Wildman–Crippen MR) is 127 cm³/mol. The summed E-state index contributed by atoms with van der Waals surface area (Å²) in [5, 5.41) is 9.12. The fourth-order valence-electron chi connectivity index (χ4n) is 3.59. The number of ether oxygens (including phenoxy) is 3. The highest BCUT2D eigenvalue weighted by Crippen LogP contribution is 2.25. The Kier molecular flexibility index (Phi) is 6.93. The van der Waals surface area contributed by atoms with Crippen molar-refractivity contribution in [3.8, 4) is 17.2 Å². The van der Waals surface area contributed by atoms with E-state index in [0.717, 1.165) is 22.6 Å². The molecular formula is C27H27NO5. The van der Waals surface area contributed by atoms with E-state index in [1.54, 1.807) is 6.07 Å². The second-order valence-corrected chi connectivity index (χ2v) is 8.08. The molecule has 0 saturated carbocycles. The van der Waals surface area contributed by atoms with E-state index in [-0.39, 0.29) is 12.6 Å². The highest BCUT2D eigenvalue weighted by molar-refractivity contribution is 5.97. The maximum absolute atomic E-state index is 11.1. The number of dihydropyridines is 1. The lowest BCUT2D eigenvalue weighted by molar-refractivity contribution is -0.144. The lowest BCUT2D eigenvalue weighted by atomic mass is 9.92. The van der Waals surface area contributed by atoms with Crippen molar-refractivity contribution < 1.29 is 24.1 Å². The average Bonchev–Trinajstić information content (AvgIpc) is 2.83. The summed E-state index contributed by atoms with van der Waals surface area (Å²) >= 11 is 0. The molecule has 0 bridgehead atoms. The van der Waals surface area contributed by atoms with Gasteiger partial charge in [0.05, 0.1) is 11.8 Å². The number of allylic oxidation sites excluding steroid dienone is 2. The summed E-state index contributed by atoms with van der Waals surface area (Å²) in [5.74, 6) is 1.23. The highest BCUT2D eigenvalue weighted by Gasteiger charge is 2.19. The smallest absolute Gasteiger partial charge is 0.344 e. The third-order valence-corrected chi connectivity index (χ3v) is 5.45. The van der Waals surface area contributed by atoms with Crippen LogP contribution in [0.4, 0.5) is 0 Å². The molecule has 4 rings (SSSR count). The van der Waals surface area contributed by atoms with Gasteiger partial charge in [-0.1, -0.05) is 42.0 Å². The second-order valence-electron chi connectivity index (χ2n) is 8.08. The zero-order valence-corrected chi connectivity index (χ0v) is 18.7. The Labute approximate surface area is 193 Å². The van der Waals surface area contributed by atoms with Crippen molar-refractivity contribution in [1.82, 2.24) is 0 Å². The zero-order chi connectivity index (χ0) is 23.2. The van der Waals surface area contributed by atoms with Crippen LogP contribution in [0.5, 0.6) is 17.2 Å². The van der Waals surface area contributed by atoms with Crippen LogP contribution in [-0.4, -0.2) is 35.5 Å². The maximum atomic E-state index is 11.1. The number of rotatable bonds is 9. The van der Waals surface area contributed by atoms with E-state index in [2.05, 4.69) is 24.3 Å². The molecule has 0 radical (unpaired) electrons. The van der Waals surface area contributed by atoms with E-state index < -0.39 is 12.1 Å². The van der Waals surface area contributed by atoms with Crippen molar-refractivity contribution in [3.05, 3.63) is 90.0 Å². The van der Waals surface area contributed by atoms with Crippen molar-refractivity contribution in [3.63, 3.8) is 0 Å². The molecule has 0 spiro atoms. The van der Waals surface area contributed by atoms with Crippen LogP contribution in [-0.2, 0) is 11.4 Å². The number of fused-ring (bicyclic) bond motifs is 1. The van der Waals surface area contributed by atoms with Gasteiger partial charge in [0.25, 0.3) is 0 Å². The Morgan fingerprint density at radius 1 is 1.00 bits per heavy atom. The second kappa shape index (κ2) is 10.2. The summed E-state index contributed by atoms with van der Waals surface area (Å²) in [6, 6.07) is 13.1. The third-order valence-electron chi connectivity index (χ3n) is 5.45. The minimum atomic E-state index is -1.01. The minimum absolute atomic E-state index is 0.156. The number of carboxylic acids is 1. The molecule has 2 aromatic rings. The summed E-state index contributed by atoms with van der Waals surface area (Å²) in [4.78, 5) is 15.9. The molecule has 2 aromatic carbocycles. The Bertz CT molecular complexity index is 1110. The first-order valence-electron chi connectivity index (χ1n) is 10.9. The number of aliphatic imine (C=N–C) groups is 1. The number of benzene rings is 2. The van der Waals surface area contributed by atoms with Gasteiger partial charge in [-0.15, -0.1) is 0 Å². The third kappa shape index (κ3) is 5.92. The van der Waals surface area contributed by atoms with Gasteiger partial charge in [-0.05, 0) is 56.3 Å². The Hall–Kier alpha value is -3.80. The monoisotopic (exact) mass is 445 g/mol. The van der Waals surface area contributed by atoms with Gasteiger partial charge in [0.15, 0.2) is 6.10 Å². The van der Waals surface area contributed by atoms with Crippen LogP contribution in [0.2, 0.25) is 0 Å². The number of hydrogen-bond donors (Lipinski definition) is 1. The standard InChI is InChI=1S/C27H27NO5/c1-18-7-14-26(33-19(2)27(29)30)21(15-18)16-31-23-10-12-24(13-11-23)32-17-22-9-8-20-5-3-4-6-25(20)28-22/h3-15,19-20,25H,16-17H2,1-2H3,(H,29,30). The molecule has 3 unspecified atom stereocenters. The SMILES string of the molecule is Cc1ccc(OC(C)C(=O)O)c(COc2ccc(OCC3=NC4C=CC=CC4C=C3)cc2)c1. The van der Waals surface area contributed by atoms with E-state index in [0.29, 0.717) is 24.0 Å². The number of carboxylic acid groups (broad SMARTS) is 1. The Morgan fingerprint density at radius 2 is 1.70 bits per heavy atom. The predicted octanol–water partition coefficient (Wildman–Crippen LogP) is 4.93. The van der Waals surface area contributed by atoms with Crippen molar-refractivity contribution in [2.75, 3.05) is 6.61 Å². The minimum Gasteiger partial charge on any atom is -0.489 e. The summed E-state index contributed by atoms with van der Waals surface area (Å²) in [5.41, 5.74) is 2.74. The summed E-state index contributed by atoms with van der Waals surface area (Å²) in [7, 11) is 0. The Balaban J connectivity index is 1.32. The summed E-state index contributed by atoms with van der Waals surface area (Å²) in [6.07, 6.45) is 11.6. The van der Waals surface area contributed by atoms with E-state index >= 15 is 0 Å². The molecule has 0 saturated heterocycles. The molecule has 2 aliphatic rings. The van der Waals surface area contributed by atoms with E-state index in [9.17, 15) is 4.79 Å². The molecule has 1 aliphatic heterocycles. The normalized spacial score (nSPS) is 19.4. The van der Waals surface area contributed by atoms with Crippen LogP contribution in [0.25, 0.3) is 0 Å². The fraction of sp³-hybridized carbons (Fsp3) is 0.259. The Morgan fingerprint density at radius 3 is 2.42 bits per heavy atom. The molecule has 1 N–H and O–H groups in total. The van der Waals surface area contributed by atoms with Gasteiger partial charge in [0, 0.05) is 11.5 Å². The summed E-state index contributed by atoms with van der Waals surface area (Å²) < 4.78 is 17.4. The highest BCUT2D eigenvalue weighted by atomic mass is 16.5. The van der Waals surface area contributed by atoms with Crippen LogP contribution in [0.3, 0.4) is 0 Å². The van der Waals surface area contributed by atoms with Crippen LogP contribution in [0.15, 0.2) is 83.9 Å². The molecular weight excluding hydrogens is 418 g/mol. The van der Waals surface area contributed by atoms with Gasteiger partial charge >= 0.3 is 5.97 Å². The lowest BCUT2D eigenvalue weighted by Gasteiger charge is -2.22. The fourth-order valence-corrected chi connectivity index (χ4v) is 3.59. The maximum Gasteiger partial charge on any atom is 0.344 e. The van der Waals surface area contributed by atoms with Crippen molar-refractivity contribution in [2.24, 2.45) is 10.9 Å². The van der Waals surface area contributed by atoms with Gasteiger partial charge in [0.2, 0.25) is 0 Å². The van der Waals surface area contributed by atoms with Gasteiger partial charge in [-0.2, -0.15) is 0 Å². The molecule has 3 atom stereocenters. The number of hydrogen-bond acceptors (Lipinski definition) is 5.